The van der Waals surface area contributed by atoms with Gasteiger partial charge in [-0.3, -0.25) is 0 Å². The first-order valence-electron chi connectivity index (χ1n) is 4.23. The van der Waals surface area contributed by atoms with Crippen LogP contribution in [0.5, 0.6) is 0 Å². The summed E-state index contributed by atoms with van der Waals surface area (Å²) in [4.78, 5) is 19.9. The quantitative estimate of drug-likeness (QED) is 0.363. The van der Waals surface area contributed by atoms with Crippen LogP contribution in [-0.4, -0.2) is 44.3 Å². The number of unbranched alkanes of at least 4 members (excludes halogenated alkanes) is 4. The third-order valence-corrected chi connectivity index (χ3v) is 2.00. The van der Waals surface area contributed by atoms with Gasteiger partial charge in [-0.25, -0.2) is 0 Å². The van der Waals surface area contributed by atoms with Crippen molar-refractivity contribution in [2.75, 3.05) is 6.61 Å². The van der Waals surface area contributed by atoms with Crippen molar-refractivity contribution >= 4 is 45.6 Å². The summed E-state index contributed by atoms with van der Waals surface area (Å²) < 4.78 is 14.0. The Bertz CT molecular complexity index is 147. The molecule has 0 saturated carbocycles. The molecule has 0 atom stereocenters. The molecule has 0 fully saturated rings. The molecular weight excluding hydrogens is 219 g/mol. The van der Waals surface area contributed by atoms with Crippen molar-refractivity contribution in [3.63, 3.8) is 0 Å². The zero-order valence-electron chi connectivity index (χ0n) is 8.03. The van der Waals surface area contributed by atoms with Crippen molar-refractivity contribution in [3.8, 4) is 0 Å². The third kappa shape index (κ3) is 16.1. The molecule has 0 spiro atoms. The van der Waals surface area contributed by atoms with Gasteiger partial charge in [0.2, 0.25) is 0 Å². The molecule has 0 aromatic rings. The topological polar surface area (TPSA) is 72.4 Å². The van der Waals surface area contributed by atoms with Crippen LogP contribution in [0.1, 0.15) is 39.0 Å². The van der Waals surface area contributed by atoms with E-state index < -0.39 is 7.82 Å². The molecule has 0 heterocycles. The molecule has 13 heavy (non-hydrogen) atoms. The van der Waals surface area contributed by atoms with Crippen molar-refractivity contribution in [2.45, 2.75) is 39.0 Å². The first kappa shape index (κ1) is 16.8. The van der Waals surface area contributed by atoms with E-state index in [4.69, 9.17) is 0 Å². The second kappa shape index (κ2) is 9.91. The van der Waals surface area contributed by atoms with Crippen LogP contribution in [0.15, 0.2) is 0 Å². The average molecular weight is 234 g/mol. The van der Waals surface area contributed by atoms with E-state index in [-0.39, 0.29) is 44.3 Å². The Labute approximate surface area is 109 Å². The van der Waals surface area contributed by atoms with E-state index in [1.165, 1.54) is 0 Å². The maximum Gasteiger partial charge on any atom is 2.00 e. The van der Waals surface area contributed by atoms with Gasteiger partial charge < -0.3 is 18.9 Å². The second-order valence-corrected chi connectivity index (χ2v) is 3.85. The molecule has 0 N–H and O–H groups in total. The van der Waals surface area contributed by atoms with E-state index in [0.717, 1.165) is 25.7 Å². The SMILES string of the molecule is CCCCCCCOP(=O)([O-])[O-].[Ca+2]. The monoisotopic (exact) mass is 234 g/mol. The fourth-order valence-electron chi connectivity index (χ4n) is 0.882. The predicted molar refractivity (Wildman–Crippen MR) is 48.1 cm³/mol. The average Bonchev–Trinajstić information content (AvgIpc) is 1.94. The Hall–Kier alpha value is 1.37. The molecule has 4 nitrogen and oxygen atoms in total. The molecular formula is C7H15CaO4P. The molecule has 0 aliphatic rings. The Morgan fingerprint density at radius 1 is 1.15 bits per heavy atom. The van der Waals surface area contributed by atoms with E-state index in [1.807, 2.05) is 0 Å². The third-order valence-electron chi connectivity index (χ3n) is 1.50. The largest absolute Gasteiger partial charge is 2.00 e. The Morgan fingerprint density at radius 2 is 1.69 bits per heavy atom. The van der Waals surface area contributed by atoms with Crippen molar-refractivity contribution in [2.24, 2.45) is 0 Å². The zero-order chi connectivity index (χ0) is 9.45. The predicted octanol–water partition coefficient (Wildman–Crippen LogP) is 0.421. The van der Waals surface area contributed by atoms with Crippen molar-refractivity contribution in [1.82, 2.24) is 0 Å². The summed E-state index contributed by atoms with van der Waals surface area (Å²) in [5, 5.41) is 0. The molecule has 0 aromatic carbocycles. The number of phosphoric acid groups is 1. The molecule has 0 aliphatic carbocycles. The summed E-state index contributed by atoms with van der Waals surface area (Å²) in [6.45, 7) is 2.13. The van der Waals surface area contributed by atoms with Crippen molar-refractivity contribution in [3.05, 3.63) is 0 Å². The standard InChI is InChI=1S/C7H17O4P.Ca/c1-2-3-4-5-6-7-11-12(8,9)10;/h2-7H2,1H3,(H2,8,9,10);/q;+2/p-2. The van der Waals surface area contributed by atoms with Gasteiger partial charge in [0.25, 0.3) is 0 Å². The summed E-state index contributed by atoms with van der Waals surface area (Å²) in [7, 11) is -4.72. The minimum Gasteiger partial charge on any atom is -0.790 e. The Balaban J connectivity index is 0. The number of hydrogen-bond donors (Lipinski definition) is 0. The van der Waals surface area contributed by atoms with E-state index in [9.17, 15) is 14.4 Å². The van der Waals surface area contributed by atoms with Crippen LogP contribution >= 0.6 is 7.82 Å². The summed E-state index contributed by atoms with van der Waals surface area (Å²) >= 11 is 0. The van der Waals surface area contributed by atoms with Gasteiger partial charge >= 0.3 is 37.7 Å². The fraction of sp³-hybridized carbons (Fsp3) is 1.00. The van der Waals surface area contributed by atoms with Gasteiger partial charge in [-0.15, -0.1) is 0 Å². The van der Waals surface area contributed by atoms with E-state index in [2.05, 4.69) is 11.4 Å². The molecule has 0 bridgehead atoms. The minimum absolute atomic E-state index is 0. The Kier molecular flexibility index (Phi) is 12.8. The van der Waals surface area contributed by atoms with Gasteiger partial charge in [0.1, 0.15) is 0 Å². The van der Waals surface area contributed by atoms with Crippen LogP contribution in [0.4, 0.5) is 0 Å². The first-order chi connectivity index (χ1) is 5.56. The van der Waals surface area contributed by atoms with Crippen LogP contribution < -0.4 is 9.79 Å². The molecule has 74 valence electrons. The molecule has 0 aliphatic heterocycles. The molecule has 0 unspecified atom stereocenters. The van der Waals surface area contributed by atoms with Gasteiger partial charge in [-0.1, -0.05) is 32.6 Å². The van der Waals surface area contributed by atoms with Gasteiger partial charge in [-0.2, -0.15) is 0 Å². The molecule has 0 aromatic heterocycles. The summed E-state index contributed by atoms with van der Waals surface area (Å²) in [6.07, 6.45) is 4.93. The van der Waals surface area contributed by atoms with Crippen LogP contribution in [-0.2, 0) is 9.09 Å². The van der Waals surface area contributed by atoms with Crippen LogP contribution in [0.25, 0.3) is 0 Å². The van der Waals surface area contributed by atoms with E-state index in [1.54, 1.807) is 0 Å². The van der Waals surface area contributed by atoms with Crippen molar-refractivity contribution in [1.29, 1.82) is 0 Å². The van der Waals surface area contributed by atoms with Gasteiger partial charge in [0.15, 0.2) is 0 Å². The molecule has 0 rings (SSSR count). The first-order valence-corrected chi connectivity index (χ1v) is 5.69. The summed E-state index contributed by atoms with van der Waals surface area (Å²) in [5.41, 5.74) is 0. The summed E-state index contributed by atoms with van der Waals surface area (Å²) in [5.74, 6) is 0. The number of hydrogen-bond acceptors (Lipinski definition) is 4. The molecule has 0 radical (unpaired) electrons. The smallest absolute Gasteiger partial charge is 0.790 e. The van der Waals surface area contributed by atoms with Crippen LogP contribution in [0, 0.1) is 0 Å². The summed E-state index contributed by atoms with van der Waals surface area (Å²) in [6, 6.07) is 0. The minimum atomic E-state index is -4.72. The van der Waals surface area contributed by atoms with Gasteiger partial charge in [-0.05, 0) is 6.42 Å². The van der Waals surface area contributed by atoms with E-state index in [0.29, 0.717) is 6.42 Å². The van der Waals surface area contributed by atoms with Crippen LogP contribution in [0.2, 0.25) is 0 Å². The number of phosphoric ester groups is 1. The second-order valence-electron chi connectivity index (χ2n) is 2.69. The Morgan fingerprint density at radius 3 is 2.15 bits per heavy atom. The number of rotatable bonds is 7. The molecule has 6 heteroatoms. The molecule has 0 saturated heterocycles. The maximum atomic E-state index is 9.97. The van der Waals surface area contributed by atoms with E-state index >= 15 is 0 Å². The fourth-order valence-corrected chi connectivity index (χ4v) is 1.23. The van der Waals surface area contributed by atoms with Gasteiger partial charge in [0, 0.05) is 0 Å². The molecule has 0 amide bonds. The van der Waals surface area contributed by atoms with Crippen molar-refractivity contribution < 1.29 is 18.9 Å². The maximum absolute atomic E-state index is 9.97. The van der Waals surface area contributed by atoms with Crippen LogP contribution in [0.3, 0.4) is 0 Å². The normalized spacial score (nSPS) is 11.0. The zero-order valence-corrected chi connectivity index (χ0v) is 11.1. The van der Waals surface area contributed by atoms with Gasteiger partial charge in [0.05, 0.1) is 14.4 Å².